The summed E-state index contributed by atoms with van der Waals surface area (Å²) >= 11 is 11.0. The first-order valence-corrected chi connectivity index (χ1v) is 9.16. The zero-order valence-electron chi connectivity index (χ0n) is 15.4. The third-order valence-electron chi connectivity index (χ3n) is 3.56. The molecule has 0 atom stereocenters. The van der Waals surface area contributed by atoms with E-state index in [-0.39, 0.29) is 11.7 Å². The Morgan fingerprint density at radius 3 is 2.61 bits per heavy atom. The molecule has 2 aromatic rings. The molecule has 2 aromatic carbocycles. The second-order valence-corrected chi connectivity index (χ2v) is 6.72. The number of rotatable bonds is 5. The van der Waals surface area contributed by atoms with Crippen LogP contribution in [0.25, 0.3) is 6.08 Å². The molecule has 8 heteroatoms. The van der Waals surface area contributed by atoms with Gasteiger partial charge < -0.3 is 4.74 Å². The van der Waals surface area contributed by atoms with Crippen molar-refractivity contribution in [2.75, 3.05) is 6.61 Å². The number of aryl methyl sites for hydroxylation is 2. The SMILES string of the molecule is Cc1ccc(OCC(=O)NNC(=S)NC(=O)C=Cc2ccccc2Cl)c(C)c1. The molecule has 28 heavy (non-hydrogen) atoms. The number of nitrogens with one attached hydrogen (secondary N) is 3. The van der Waals surface area contributed by atoms with Gasteiger partial charge in [-0.3, -0.25) is 25.8 Å². The summed E-state index contributed by atoms with van der Waals surface area (Å²) in [5.74, 6) is -0.275. The minimum Gasteiger partial charge on any atom is -0.483 e. The molecule has 0 radical (unpaired) electrons. The minimum atomic E-state index is -0.460. The van der Waals surface area contributed by atoms with E-state index in [1.165, 1.54) is 6.08 Å². The van der Waals surface area contributed by atoms with Gasteiger partial charge in [0.15, 0.2) is 11.7 Å². The number of hydrogen-bond donors (Lipinski definition) is 3. The van der Waals surface area contributed by atoms with Gasteiger partial charge in [-0.25, -0.2) is 0 Å². The maximum atomic E-state index is 11.9. The monoisotopic (exact) mass is 417 g/mol. The van der Waals surface area contributed by atoms with E-state index in [9.17, 15) is 9.59 Å². The summed E-state index contributed by atoms with van der Waals surface area (Å²) in [6, 6.07) is 12.8. The van der Waals surface area contributed by atoms with Crippen LogP contribution in [0.2, 0.25) is 5.02 Å². The van der Waals surface area contributed by atoms with Crippen LogP contribution < -0.4 is 20.9 Å². The van der Waals surface area contributed by atoms with Crippen molar-refractivity contribution >= 4 is 46.8 Å². The summed E-state index contributed by atoms with van der Waals surface area (Å²) in [6.07, 6.45) is 2.86. The lowest BCUT2D eigenvalue weighted by atomic mass is 10.1. The average molecular weight is 418 g/mol. The van der Waals surface area contributed by atoms with Crippen molar-refractivity contribution in [1.29, 1.82) is 0 Å². The molecule has 0 saturated heterocycles. The first-order valence-electron chi connectivity index (χ1n) is 8.37. The Hall–Kier alpha value is -2.90. The summed E-state index contributed by atoms with van der Waals surface area (Å²) in [5, 5.41) is 2.89. The Bertz CT molecular complexity index is 915. The molecular formula is C20H20ClN3O3S. The van der Waals surface area contributed by atoms with Gasteiger partial charge in [-0.15, -0.1) is 0 Å². The number of amides is 2. The molecule has 0 aromatic heterocycles. The fourth-order valence-corrected chi connectivity index (χ4v) is 2.58. The molecule has 0 aliphatic heterocycles. The van der Waals surface area contributed by atoms with Crippen LogP contribution >= 0.6 is 23.8 Å². The molecule has 0 fully saturated rings. The van der Waals surface area contributed by atoms with Gasteiger partial charge in [0.25, 0.3) is 5.91 Å². The van der Waals surface area contributed by atoms with E-state index in [1.807, 2.05) is 38.1 Å². The number of carbonyl (C=O) groups is 2. The molecule has 2 rings (SSSR count). The van der Waals surface area contributed by atoms with Crippen molar-refractivity contribution in [3.8, 4) is 5.75 Å². The zero-order valence-corrected chi connectivity index (χ0v) is 17.0. The van der Waals surface area contributed by atoms with E-state index in [4.69, 9.17) is 28.6 Å². The lowest BCUT2D eigenvalue weighted by Crippen LogP contribution is -2.49. The van der Waals surface area contributed by atoms with Crippen LogP contribution in [0.15, 0.2) is 48.5 Å². The van der Waals surface area contributed by atoms with Gasteiger partial charge in [-0.1, -0.05) is 47.5 Å². The highest BCUT2D eigenvalue weighted by atomic mass is 35.5. The lowest BCUT2D eigenvalue weighted by molar-refractivity contribution is -0.123. The van der Waals surface area contributed by atoms with Gasteiger partial charge in [0.05, 0.1) is 0 Å². The van der Waals surface area contributed by atoms with E-state index in [0.29, 0.717) is 16.3 Å². The quantitative estimate of drug-likeness (QED) is 0.396. The molecule has 0 spiro atoms. The summed E-state index contributed by atoms with van der Waals surface area (Å²) in [5.41, 5.74) is 7.55. The van der Waals surface area contributed by atoms with Crippen molar-refractivity contribution in [1.82, 2.24) is 16.2 Å². The Morgan fingerprint density at radius 2 is 1.89 bits per heavy atom. The summed E-state index contributed by atoms with van der Waals surface area (Å²) in [7, 11) is 0. The van der Waals surface area contributed by atoms with Crippen molar-refractivity contribution in [2.45, 2.75) is 13.8 Å². The first-order chi connectivity index (χ1) is 13.3. The predicted molar refractivity (Wildman–Crippen MR) is 114 cm³/mol. The predicted octanol–water partition coefficient (Wildman–Crippen LogP) is 3.07. The van der Waals surface area contributed by atoms with Crippen LogP contribution in [0.5, 0.6) is 5.75 Å². The smallest absolute Gasteiger partial charge is 0.276 e. The number of hydrogen-bond acceptors (Lipinski definition) is 4. The fourth-order valence-electron chi connectivity index (χ4n) is 2.23. The van der Waals surface area contributed by atoms with Crippen LogP contribution in [-0.4, -0.2) is 23.5 Å². The second kappa shape index (κ2) is 10.4. The molecule has 0 unspecified atom stereocenters. The third-order valence-corrected chi connectivity index (χ3v) is 4.11. The highest BCUT2D eigenvalue weighted by molar-refractivity contribution is 7.80. The van der Waals surface area contributed by atoms with Crippen LogP contribution in [0.1, 0.15) is 16.7 Å². The number of benzene rings is 2. The van der Waals surface area contributed by atoms with Crippen LogP contribution in [0, 0.1) is 13.8 Å². The largest absolute Gasteiger partial charge is 0.483 e. The lowest BCUT2D eigenvalue weighted by Gasteiger charge is -2.12. The maximum Gasteiger partial charge on any atom is 0.276 e. The van der Waals surface area contributed by atoms with Gasteiger partial charge in [-0.2, -0.15) is 0 Å². The summed E-state index contributed by atoms with van der Waals surface area (Å²) < 4.78 is 5.46. The highest BCUT2D eigenvalue weighted by Crippen LogP contribution is 2.18. The van der Waals surface area contributed by atoms with Crippen molar-refractivity contribution in [3.05, 3.63) is 70.3 Å². The fraction of sp³-hybridized carbons (Fsp3) is 0.150. The van der Waals surface area contributed by atoms with E-state index in [0.717, 1.165) is 11.1 Å². The van der Waals surface area contributed by atoms with Gasteiger partial charge >= 0.3 is 0 Å². The summed E-state index contributed by atoms with van der Waals surface area (Å²) in [4.78, 5) is 23.7. The number of halogens is 1. The Morgan fingerprint density at radius 1 is 1.14 bits per heavy atom. The van der Waals surface area contributed by atoms with Crippen LogP contribution in [0.4, 0.5) is 0 Å². The van der Waals surface area contributed by atoms with Gasteiger partial charge in [0, 0.05) is 11.1 Å². The molecular weight excluding hydrogens is 398 g/mol. The number of thiocarbonyl (C=S) groups is 1. The molecule has 0 bridgehead atoms. The molecule has 146 valence electrons. The molecule has 0 aliphatic carbocycles. The molecule has 0 heterocycles. The Balaban J connectivity index is 1.73. The summed E-state index contributed by atoms with van der Waals surface area (Å²) in [6.45, 7) is 3.69. The molecule has 3 N–H and O–H groups in total. The van der Waals surface area contributed by atoms with Gasteiger partial charge in [0.2, 0.25) is 5.91 Å². The van der Waals surface area contributed by atoms with Gasteiger partial charge in [-0.05, 0) is 55.4 Å². The minimum absolute atomic E-state index is 0.0475. The van der Waals surface area contributed by atoms with E-state index in [2.05, 4.69) is 16.2 Å². The van der Waals surface area contributed by atoms with E-state index < -0.39 is 11.8 Å². The molecule has 6 nitrogen and oxygen atoms in total. The first kappa shape index (κ1) is 21.4. The number of hydrazine groups is 1. The molecule has 2 amide bonds. The highest BCUT2D eigenvalue weighted by Gasteiger charge is 2.07. The van der Waals surface area contributed by atoms with E-state index in [1.54, 1.807) is 24.3 Å². The zero-order chi connectivity index (χ0) is 20.5. The normalized spacial score (nSPS) is 10.4. The second-order valence-electron chi connectivity index (χ2n) is 5.90. The number of ether oxygens (including phenoxy) is 1. The van der Waals surface area contributed by atoms with Crippen LogP contribution in [-0.2, 0) is 9.59 Å². The third kappa shape index (κ3) is 7.02. The van der Waals surface area contributed by atoms with Crippen LogP contribution in [0.3, 0.4) is 0 Å². The Labute approximate surface area is 173 Å². The topological polar surface area (TPSA) is 79.5 Å². The van der Waals surface area contributed by atoms with Crippen molar-refractivity contribution in [2.24, 2.45) is 0 Å². The average Bonchev–Trinajstić information content (AvgIpc) is 2.65. The Kier molecular flexibility index (Phi) is 7.98. The molecule has 0 aliphatic rings. The van der Waals surface area contributed by atoms with Gasteiger partial charge in [0.1, 0.15) is 5.75 Å². The van der Waals surface area contributed by atoms with Crippen molar-refractivity contribution < 1.29 is 14.3 Å². The molecule has 0 saturated carbocycles. The maximum absolute atomic E-state index is 11.9. The number of carbonyl (C=O) groups excluding carboxylic acids is 2. The van der Waals surface area contributed by atoms with Crippen molar-refractivity contribution in [3.63, 3.8) is 0 Å². The standard InChI is InChI=1S/C20H20ClN3O3S/c1-13-7-9-17(14(2)11-13)27-12-19(26)23-24-20(28)22-18(25)10-8-15-5-3-4-6-16(15)21/h3-11H,12H2,1-2H3,(H,23,26)(H2,22,24,25,28). The van der Waals surface area contributed by atoms with E-state index >= 15 is 0 Å².